The highest BCUT2D eigenvalue weighted by Gasteiger charge is 2.21. The summed E-state index contributed by atoms with van der Waals surface area (Å²) in [6.45, 7) is 5.36. The molecule has 1 aromatic rings. The van der Waals surface area contributed by atoms with E-state index in [4.69, 9.17) is 5.11 Å². The summed E-state index contributed by atoms with van der Waals surface area (Å²) in [4.78, 5) is 36.3. The standard InChI is InChI=1S/C17H24N2O4S/c1-4-13(3)19(9-17(22)23)16(21)11-24-10-15(20)18-14-7-5-12(2)6-8-14/h5-8,13H,4,9-11H2,1-3H3,(H,18,20)(H,22,23). The van der Waals surface area contributed by atoms with Gasteiger partial charge in [-0.25, -0.2) is 0 Å². The van der Waals surface area contributed by atoms with Crippen molar-refractivity contribution in [1.29, 1.82) is 0 Å². The van der Waals surface area contributed by atoms with Gasteiger partial charge in [0.15, 0.2) is 0 Å². The van der Waals surface area contributed by atoms with Crippen molar-refractivity contribution < 1.29 is 19.5 Å². The van der Waals surface area contributed by atoms with Crippen LogP contribution < -0.4 is 5.32 Å². The maximum absolute atomic E-state index is 12.2. The second kappa shape index (κ2) is 9.97. The Balaban J connectivity index is 2.43. The number of amides is 2. The highest BCUT2D eigenvalue weighted by Crippen LogP contribution is 2.11. The van der Waals surface area contributed by atoms with Crippen LogP contribution in [0.1, 0.15) is 25.8 Å². The number of anilines is 1. The summed E-state index contributed by atoms with van der Waals surface area (Å²) in [5.74, 6) is -1.27. The molecule has 0 saturated carbocycles. The largest absolute Gasteiger partial charge is 0.480 e. The van der Waals surface area contributed by atoms with Crippen LogP contribution in [0.4, 0.5) is 5.69 Å². The summed E-state index contributed by atoms with van der Waals surface area (Å²) >= 11 is 1.18. The van der Waals surface area contributed by atoms with Gasteiger partial charge in [-0.3, -0.25) is 14.4 Å². The van der Waals surface area contributed by atoms with Gasteiger partial charge in [-0.15, -0.1) is 11.8 Å². The minimum Gasteiger partial charge on any atom is -0.480 e. The van der Waals surface area contributed by atoms with Gasteiger partial charge in [-0.2, -0.15) is 0 Å². The molecule has 0 bridgehead atoms. The number of hydrogen-bond acceptors (Lipinski definition) is 4. The fourth-order valence-corrected chi connectivity index (χ4v) is 2.70. The molecule has 2 N–H and O–H groups in total. The van der Waals surface area contributed by atoms with Crippen LogP contribution in [0.3, 0.4) is 0 Å². The van der Waals surface area contributed by atoms with Crippen LogP contribution in [0.5, 0.6) is 0 Å². The Morgan fingerprint density at radius 2 is 1.83 bits per heavy atom. The molecule has 7 heteroatoms. The molecule has 0 aliphatic carbocycles. The fraction of sp³-hybridized carbons (Fsp3) is 0.471. The number of hydrogen-bond donors (Lipinski definition) is 2. The second-order valence-electron chi connectivity index (χ2n) is 5.58. The van der Waals surface area contributed by atoms with E-state index in [1.165, 1.54) is 16.7 Å². The third kappa shape index (κ3) is 7.04. The monoisotopic (exact) mass is 352 g/mol. The van der Waals surface area contributed by atoms with E-state index in [-0.39, 0.29) is 35.9 Å². The van der Waals surface area contributed by atoms with Gasteiger partial charge < -0.3 is 15.3 Å². The highest BCUT2D eigenvalue weighted by atomic mass is 32.2. The van der Waals surface area contributed by atoms with Crippen LogP contribution in [-0.2, 0) is 14.4 Å². The Bertz CT molecular complexity index is 574. The molecule has 1 atom stereocenters. The van der Waals surface area contributed by atoms with Gasteiger partial charge in [0.05, 0.1) is 11.5 Å². The van der Waals surface area contributed by atoms with E-state index in [9.17, 15) is 14.4 Å². The first-order valence-corrected chi connectivity index (χ1v) is 8.94. The van der Waals surface area contributed by atoms with Gasteiger partial charge in [0.1, 0.15) is 6.54 Å². The van der Waals surface area contributed by atoms with Crippen LogP contribution in [0.15, 0.2) is 24.3 Å². The van der Waals surface area contributed by atoms with E-state index < -0.39 is 5.97 Å². The number of benzene rings is 1. The second-order valence-corrected chi connectivity index (χ2v) is 6.57. The van der Waals surface area contributed by atoms with Crippen LogP contribution >= 0.6 is 11.8 Å². The number of aliphatic carboxylic acids is 1. The lowest BCUT2D eigenvalue weighted by Crippen LogP contribution is -2.42. The van der Waals surface area contributed by atoms with Crippen LogP contribution in [0, 0.1) is 6.92 Å². The van der Waals surface area contributed by atoms with Crippen LogP contribution in [0.2, 0.25) is 0 Å². The summed E-state index contributed by atoms with van der Waals surface area (Å²) in [7, 11) is 0. The number of carboxylic acids is 1. The first kappa shape index (κ1) is 20.0. The van der Waals surface area contributed by atoms with Crippen molar-refractivity contribution in [2.45, 2.75) is 33.2 Å². The van der Waals surface area contributed by atoms with Crippen molar-refractivity contribution in [2.75, 3.05) is 23.4 Å². The molecular weight excluding hydrogens is 328 g/mol. The number of carbonyl (C=O) groups excluding carboxylic acids is 2. The fourth-order valence-electron chi connectivity index (χ4n) is 2.00. The molecule has 0 aromatic heterocycles. The minimum atomic E-state index is -1.04. The zero-order chi connectivity index (χ0) is 18.1. The molecule has 0 radical (unpaired) electrons. The van der Waals surface area contributed by atoms with Gasteiger partial charge in [-0.05, 0) is 32.4 Å². The summed E-state index contributed by atoms with van der Waals surface area (Å²) in [5.41, 5.74) is 1.82. The number of carbonyl (C=O) groups is 3. The zero-order valence-electron chi connectivity index (χ0n) is 14.2. The van der Waals surface area contributed by atoms with Crippen LogP contribution in [0.25, 0.3) is 0 Å². The van der Waals surface area contributed by atoms with Gasteiger partial charge in [0, 0.05) is 11.7 Å². The SMILES string of the molecule is CCC(C)N(CC(=O)O)C(=O)CSCC(=O)Nc1ccc(C)cc1. The third-order valence-corrected chi connectivity index (χ3v) is 4.46. The highest BCUT2D eigenvalue weighted by molar-refractivity contribution is 8.00. The maximum Gasteiger partial charge on any atom is 0.323 e. The third-order valence-electron chi connectivity index (χ3n) is 3.54. The Hall–Kier alpha value is -2.02. The average Bonchev–Trinajstić information content (AvgIpc) is 2.53. The summed E-state index contributed by atoms with van der Waals surface area (Å²) in [6, 6.07) is 7.31. The molecule has 0 aliphatic heterocycles. The minimum absolute atomic E-state index is 0.0823. The van der Waals surface area contributed by atoms with E-state index in [2.05, 4.69) is 5.32 Å². The molecule has 1 aromatic carbocycles. The topological polar surface area (TPSA) is 86.7 Å². The van der Waals surface area contributed by atoms with Gasteiger partial charge >= 0.3 is 5.97 Å². The Labute approximate surface area is 146 Å². The molecule has 0 spiro atoms. The van der Waals surface area contributed by atoms with Crippen molar-refractivity contribution in [2.24, 2.45) is 0 Å². The van der Waals surface area contributed by atoms with E-state index in [1.807, 2.05) is 45.0 Å². The molecule has 2 amide bonds. The predicted molar refractivity (Wildman–Crippen MR) is 96.2 cm³/mol. The molecule has 6 nitrogen and oxygen atoms in total. The molecule has 0 saturated heterocycles. The molecular formula is C17H24N2O4S. The smallest absolute Gasteiger partial charge is 0.323 e. The first-order valence-electron chi connectivity index (χ1n) is 7.79. The van der Waals surface area contributed by atoms with Crippen LogP contribution in [-0.4, -0.2) is 51.9 Å². The number of nitrogens with one attached hydrogen (secondary N) is 1. The Morgan fingerprint density at radius 3 is 2.38 bits per heavy atom. The normalized spacial score (nSPS) is 11.6. The number of nitrogens with zero attached hydrogens (tertiary/aromatic N) is 1. The van der Waals surface area contributed by atoms with Gasteiger partial charge in [0.25, 0.3) is 0 Å². The lowest BCUT2D eigenvalue weighted by atomic mass is 10.2. The van der Waals surface area contributed by atoms with E-state index in [1.54, 1.807) is 0 Å². The summed E-state index contributed by atoms with van der Waals surface area (Å²) < 4.78 is 0. The maximum atomic E-state index is 12.2. The number of rotatable bonds is 9. The van der Waals surface area contributed by atoms with Gasteiger partial charge in [0.2, 0.25) is 11.8 Å². The number of carboxylic acid groups (broad SMARTS) is 1. The van der Waals surface area contributed by atoms with Gasteiger partial charge in [-0.1, -0.05) is 24.6 Å². The zero-order valence-corrected chi connectivity index (χ0v) is 15.1. The number of thioether (sulfide) groups is 1. The molecule has 24 heavy (non-hydrogen) atoms. The molecule has 1 unspecified atom stereocenters. The Kier molecular flexibility index (Phi) is 8.32. The molecule has 0 aliphatic rings. The summed E-state index contributed by atoms with van der Waals surface area (Å²) in [5, 5.41) is 11.7. The number of aryl methyl sites for hydroxylation is 1. The lowest BCUT2D eigenvalue weighted by molar-refractivity contribution is -0.144. The molecule has 1 rings (SSSR count). The van der Waals surface area contributed by atoms with E-state index >= 15 is 0 Å². The van der Waals surface area contributed by atoms with Crippen molar-refractivity contribution in [3.05, 3.63) is 29.8 Å². The molecule has 0 fully saturated rings. The van der Waals surface area contributed by atoms with Crippen molar-refractivity contribution >= 4 is 35.2 Å². The molecule has 0 heterocycles. The quantitative estimate of drug-likeness (QED) is 0.712. The van der Waals surface area contributed by atoms with Crippen molar-refractivity contribution in [3.63, 3.8) is 0 Å². The molecule has 132 valence electrons. The summed E-state index contributed by atoms with van der Waals surface area (Å²) in [6.07, 6.45) is 0.678. The first-order chi connectivity index (χ1) is 11.3. The predicted octanol–water partition coefficient (Wildman–Crippen LogP) is 2.38. The van der Waals surface area contributed by atoms with Crippen molar-refractivity contribution in [3.8, 4) is 0 Å². The Morgan fingerprint density at radius 1 is 1.21 bits per heavy atom. The average molecular weight is 352 g/mol. The van der Waals surface area contributed by atoms with Crippen molar-refractivity contribution in [1.82, 2.24) is 4.90 Å². The van der Waals surface area contributed by atoms with E-state index in [0.717, 1.165) is 5.56 Å². The van der Waals surface area contributed by atoms with E-state index in [0.29, 0.717) is 12.1 Å². The lowest BCUT2D eigenvalue weighted by Gasteiger charge is -2.26.